The van der Waals surface area contributed by atoms with E-state index < -0.39 is 36.2 Å². The van der Waals surface area contributed by atoms with E-state index in [9.17, 15) is 24.4 Å². The van der Waals surface area contributed by atoms with E-state index in [-0.39, 0.29) is 5.57 Å². The van der Waals surface area contributed by atoms with Gasteiger partial charge in [-0.15, -0.1) is 0 Å². The fourth-order valence-corrected chi connectivity index (χ4v) is 3.68. The predicted octanol–water partition coefficient (Wildman–Crippen LogP) is 0.626. The topological polar surface area (TPSA) is 125 Å². The molecule has 0 radical (unpaired) electrons. The van der Waals surface area contributed by atoms with E-state index in [1.54, 1.807) is 11.9 Å². The molecule has 1 aromatic carbocycles. The smallest absolute Gasteiger partial charge is 0.328 e. The molecular formula is C18H14N4O5S. The summed E-state index contributed by atoms with van der Waals surface area (Å²) in [5.41, 5.74) is -0.596. The standard InChI is InChI=1S/C18H14N4O5S/c1-21-12-4-2-3-5-14(12)28-17(21)11(8-19)13(23)10-27-16(25)9-22-7-6-15(24)20-18(22)26/h2-7H,9-10H2,1H3,(H,20,24,26)/b17-11+. The summed E-state index contributed by atoms with van der Waals surface area (Å²) in [6.45, 7) is -1.10. The van der Waals surface area contributed by atoms with E-state index in [4.69, 9.17) is 4.74 Å². The average Bonchev–Trinajstić information content (AvgIpc) is 3.00. The summed E-state index contributed by atoms with van der Waals surface area (Å²) in [5, 5.41) is 9.89. The Balaban J connectivity index is 1.68. The number of fused-ring (bicyclic) bond motifs is 1. The van der Waals surface area contributed by atoms with Gasteiger partial charge in [0.25, 0.3) is 5.56 Å². The zero-order chi connectivity index (χ0) is 20.3. The van der Waals surface area contributed by atoms with Crippen LogP contribution in [0.3, 0.4) is 0 Å². The second-order valence-corrected chi connectivity index (χ2v) is 6.77. The Kier molecular flexibility index (Phi) is 5.47. The van der Waals surface area contributed by atoms with Crippen LogP contribution in [-0.4, -0.2) is 35.0 Å². The molecule has 142 valence electrons. The third-order valence-corrected chi connectivity index (χ3v) is 5.14. The second kappa shape index (κ2) is 7.98. The molecule has 1 aliphatic heterocycles. The molecule has 0 spiro atoms. The summed E-state index contributed by atoms with van der Waals surface area (Å²) in [6.07, 6.45) is 1.15. The highest BCUT2D eigenvalue weighted by Crippen LogP contribution is 2.45. The zero-order valence-electron chi connectivity index (χ0n) is 14.7. The van der Waals surface area contributed by atoms with Crippen LogP contribution < -0.4 is 16.1 Å². The van der Waals surface area contributed by atoms with Gasteiger partial charge in [-0.1, -0.05) is 23.9 Å². The van der Waals surface area contributed by atoms with Gasteiger partial charge in [0.1, 0.15) is 23.2 Å². The van der Waals surface area contributed by atoms with E-state index in [1.807, 2.05) is 35.3 Å². The summed E-state index contributed by atoms with van der Waals surface area (Å²) in [4.78, 5) is 51.5. The number of benzene rings is 1. The lowest BCUT2D eigenvalue weighted by Crippen LogP contribution is -2.32. The van der Waals surface area contributed by atoms with E-state index >= 15 is 0 Å². The van der Waals surface area contributed by atoms with Crippen molar-refractivity contribution < 1.29 is 14.3 Å². The maximum atomic E-state index is 12.4. The normalized spacial score (nSPS) is 14.2. The van der Waals surface area contributed by atoms with Crippen LogP contribution in [0.4, 0.5) is 5.69 Å². The maximum absolute atomic E-state index is 12.4. The quantitative estimate of drug-likeness (QED) is 0.442. The number of aromatic amines is 1. The van der Waals surface area contributed by atoms with Crippen LogP contribution in [0, 0.1) is 11.3 Å². The number of thioether (sulfide) groups is 1. The lowest BCUT2D eigenvalue weighted by molar-refractivity contribution is -0.147. The summed E-state index contributed by atoms with van der Waals surface area (Å²) < 4.78 is 5.83. The number of rotatable bonds is 5. The monoisotopic (exact) mass is 398 g/mol. The van der Waals surface area contributed by atoms with Gasteiger partial charge in [0.2, 0.25) is 5.78 Å². The van der Waals surface area contributed by atoms with Crippen LogP contribution in [0.25, 0.3) is 0 Å². The van der Waals surface area contributed by atoms with Crippen molar-refractivity contribution in [1.82, 2.24) is 9.55 Å². The number of nitriles is 1. The number of carbonyl (C=O) groups excluding carboxylic acids is 2. The van der Waals surface area contributed by atoms with Crippen LogP contribution in [0.15, 0.2) is 61.6 Å². The van der Waals surface area contributed by atoms with Gasteiger partial charge in [0.05, 0.1) is 5.69 Å². The molecule has 9 nitrogen and oxygen atoms in total. The Hall–Kier alpha value is -3.58. The number of aromatic nitrogens is 2. The number of ketones is 1. The summed E-state index contributed by atoms with van der Waals surface area (Å²) in [5.74, 6) is -1.49. The number of esters is 1. The Morgan fingerprint density at radius 1 is 1.25 bits per heavy atom. The van der Waals surface area contributed by atoms with Gasteiger partial charge in [-0.2, -0.15) is 5.26 Å². The molecule has 0 bridgehead atoms. The third-order valence-electron chi connectivity index (χ3n) is 3.90. The fourth-order valence-electron chi connectivity index (χ4n) is 2.52. The van der Waals surface area contributed by atoms with Crippen molar-refractivity contribution in [2.24, 2.45) is 0 Å². The molecule has 0 unspecified atom stereocenters. The van der Waals surface area contributed by atoms with Gasteiger partial charge in [-0.3, -0.25) is 23.9 Å². The predicted molar refractivity (Wildman–Crippen MR) is 101 cm³/mol. The van der Waals surface area contributed by atoms with Gasteiger partial charge in [0, 0.05) is 24.2 Å². The number of anilines is 1. The van der Waals surface area contributed by atoms with Gasteiger partial charge >= 0.3 is 11.7 Å². The minimum atomic E-state index is -0.847. The molecule has 0 aliphatic carbocycles. The largest absolute Gasteiger partial charge is 0.456 e. The zero-order valence-corrected chi connectivity index (χ0v) is 15.5. The molecule has 3 rings (SSSR count). The molecule has 0 amide bonds. The van der Waals surface area contributed by atoms with Gasteiger partial charge < -0.3 is 9.64 Å². The number of Topliss-reactive ketones (excluding diaryl/α,β-unsaturated/α-hetero) is 1. The highest BCUT2D eigenvalue weighted by Gasteiger charge is 2.28. The molecular weight excluding hydrogens is 384 g/mol. The van der Waals surface area contributed by atoms with Crippen LogP contribution in [0.5, 0.6) is 0 Å². The van der Waals surface area contributed by atoms with Gasteiger partial charge in [-0.25, -0.2) is 4.79 Å². The van der Waals surface area contributed by atoms with Gasteiger partial charge in [0.15, 0.2) is 6.61 Å². The molecule has 28 heavy (non-hydrogen) atoms. The van der Waals surface area contributed by atoms with Crippen LogP contribution in [0.2, 0.25) is 0 Å². The number of hydrogen-bond donors (Lipinski definition) is 1. The molecule has 10 heteroatoms. The van der Waals surface area contributed by atoms with Crippen molar-refractivity contribution in [3.05, 3.63) is 68.0 Å². The highest BCUT2D eigenvalue weighted by molar-refractivity contribution is 8.03. The van der Waals surface area contributed by atoms with Crippen LogP contribution in [0.1, 0.15) is 0 Å². The Morgan fingerprint density at radius 3 is 2.68 bits per heavy atom. The summed E-state index contributed by atoms with van der Waals surface area (Å²) in [7, 11) is 1.74. The average molecular weight is 398 g/mol. The number of hydrogen-bond acceptors (Lipinski definition) is 8. The van der Waals surface area contributed by atoms with Crippen LogP contribution >= 0.6 is 11.8 Å². The summed E-state index contributed by atoms with van der Waals surface area (Å²) >= 11 is 1.29. The lowest BCUT2D eigenvalue weighted by atomic mass is 10.2. The highest BCUT2D eigenvalue weighted by atomic mass is 32.2. The lowest BCUT2D eigenvalue weighted by Gasteiger charge is -2.14. The molecule has 0 fully saturated rings. The van der Waals surface area contributed by atoms with E-state index in [0.29, 0.717) is 5.03 Å². The second-order valence-electron chi connectivity index (χ2n) is 5.74. The minimum Gasteiger partial charge on any atom is -0.456 e. The van der Waals surface area contributed by atoms with E-state index in [1.165, 1.54) is 11.8 Å². The van der Waals surface area contributed by atoms with Crippen molar-refractivity contribution in [3.63, 3.8) is 0 Å². The first kappa shape index (κ1) is 19.2. The molecule has 2 heterocycles. The summed E-state index contributed by atoms with van der Waals surface area (Å²) in [6, 6.07) is 10.4. The number of para-hydroxylation sites is 1. The maximum Gasteiger partial charge on any atom is 0.328 e. The fraction of sp³-hybridized carbons (Fsp3) is 0.167. The molecule has 1 aliphatic rings. The molecule has 2 aromatic rings. The number of H-pyrrole nitrogens is 1. The number of carbonyl (C=O) groups is 2. The molecule has 0 atom stereocenters. The Morgan fingerprint density at radius 2 is 2.00 bits per heavy atom. The van der Waals surface area contributed by atoms with E-state index in [2.05, 4.69) is 0 Å². The minimum absolute atomic E-state index is 0.113. The van der Waals surface area contributed by atoms with Crippen molar-refractivity contribution in [2.75, 3.05) is 18.6 Å². The van der Waals surface area contributed by atoms with Crippen molar-refractivity contribution >= 4 is 29.2 Å². The number of nitrogens with zero attached hydrogens (tertiary/aromatic N) is 3. The number of nitrogens with one attached hydrogen (secondary N) is 1. The number of ether oxygens (including phenoxy) is 1. The molecule has 0 saturated carbocycles. The first-order valence-electron chi connectivity index (χ1n) is 8.04. The molecule has 1 aromatic heterocycles. The van der Waals surface area contributed by atoms with Crippen molar-refractivity contribution in [3.8, 4) is 6.07 Å². The first-order chi connectivity index (χ1) is 13.4. The molecule has 0 saturated heterocycles. The van der Waals surface area contributed by atoms with Gasteiger partial charge in [-0.05, 0) is 12.1 Å². The molecule has 1 N–H and O–H groups in total. The first-order valence-corrected chi connectivity index (χ1v) is 8.86. The SMILES string of the molecule is CN1/C(=C(/C#N)C(=O)COC(=O)Cn2ccc(=O)[nH]c2=O)Sc2ccccc21. The Bertz CT molecular complexity index is 1140. The van der Waals surface area contributed by atoms with Crippen LogP contribution in [-0.2, 0) is 20.9 Å². The van der Waals surface area contributed by atoms with Crippen molar-refractivity contribution in [2.45, 2.75) is 11.4 Å². The van der Waals surface area contributed by atoms with E-state index in [0.717, 1.165) is 27.4 Å². The Labute approximate surface area is 162 Å². The van der Waals surface area contributed by atoms with Crippen molar-refractivity contribution in [1.29, 1.82) is 5.26 Å². The third kappa shape index (κ3) is 3.89.